The molecular formula is C17H24FN5O. The number of benzene rings is 1. The summed E-state index contributed by atoms with van der Waals surface area (Å²) in [5.41, 5.74) is 0.758. The van der Waals surface area contributed by atoms with E-state index in [1.54, 1.807) is 12.1 Å². The van der Waals surface area contributed by atoms with E-state index in [4.69, 9.17) is 0 Å². The maximum absolute atomic E-state index is 13.0. The van der Waals surface area contributed by atoms with Crippen LogP contribution in [0, 0.1) is 12.7 Å². The van der Waals surface area contributed by atoms with E-state index in [9.17, 15) is 9.50 Å². The van der Waals surface area contributed by atoms with Crippen molar-refractivity contribution in [1.29, 1.82) is 0 Å². The van der Waals surface area contributed by atoms with Crippen molar-refractivity contribution < 1.29 is 9.50 Å². The summed E-state index contributed by atoms with van der Waals surface area (Å²) in [7, 11) is 1.99. The van der Waals surface area contributed by atoms with Gasteiger partial charge in [-0.05, 0) is 24.6 Å². The van der Waals surface area contributed by atoms with Crippen molar-refractivity contribution in [1.82, 2.24) is 24.6 Å². The summed E-state index contributed by atoms with van der Waals surface area (Å²) in [5.74, 6) is 1.62. The second-order valence-corrected chi connectivity index (χ2v) is 6.37. The van der Waals surface area contributed by atoms with Crippen LogP contribution in [0.15, 0.2) is 24.3 Å². The number of hydrogen-bond donors (Lipinski definition) is 1. The van der Waals surface area contributed by atoms with Gasteiger partial charge in [0.2, 0.25) is 0 Å². The minimum atomic E-state index is -0.585. The molecule has 1 N–H and O–H groups in total. The van der Waals surface area contributed by atoms with Crippen molar-refractivity contribution >= 4 is 0 Å². The second kappa shape index (κ2) is 7.38. The lowest BCUT2D eigenvalue weighted by molar-refractivity contribution is 0.0689. The smallest absolute Gasteiger partial charge is 0.146 e. The zero-order valence-corrected chi connectivity index (χ0v) is 14.2. The predicted molar refractivity (Wildman–Crippen MR) is 88.8 cm³/mol. The second-order valence-electron chi connectivity index (χ2n) is 6.37. The van der Waals surface area contributed by atoms with Crippen molar-refractivity contribution in [3.05, 3.63) is 47.3 Å². The Hall–Kier alpha value is -1.83. The molecule has 0 bridgehead atoms. The molecule has 0 radical (unpaired) electrons. The van der Waals surface area contributed by atoms with E-state index in [1.165, 1.54) is 12.1 Å². The average molecular weight is 333 g/mol. The van der Waals surface area contributed by atoms with Gasteiger partial charge in [-0.25, -0.2) is 4.39 Å². The Kier molecular flexibility index (Phi) is 5.23. The van der Waals surface area contributed by atoms with Gasteiger partial charge in [-0.1, -0.05) is 12.1 Å². The highest BCUT2D eigenvalue weighted by molar-refractivity contribution is 5.18. The molecule has 2 aromatic rings. The third-order valence-corrected chi connectivity index (χ3v) is 4.70. The molecule has 0 unspecified atom stereocenters. The van der Waals surface area contributed by atoms with Crippen LogP contribution in [0.1, 0.15) is 23.3 Å². The summed E-state index contributed by atoms with van der Waals surface area (Å²) in [6.07, 6.45) is -0.585. The van der Waals surface area contributed by atoms with Crippen LogP contribution in [0.2, 0.25) is 0 Å². The van der Waals surface area contributed by atoms with Gasteiger partial charge < -0.3 is 9.67 Å². The van der Waals surface area contributed by atoms with E-state index in [0.29, 0.717) is 6.54 Å². The van der Waals surface area contributed by atoms with Crippen LogP contribution in [0.5, 0.6) is 0 Å². The fourth-order valence-corrected chi connectivity index (χ4v) is 2.95. The Labute approximate surface area is 141 Å². The first-order valence-corrected chi connectivity index (χ1v) is 8.26. The van der Waals surface area contributed by atoms with E-state index < -0.39 is 6.10 Å². The first-order chi connectivity index (χ1) is 11.5. The SMILES string of the molecule is Cc1nnc(CN2CCN(C[C@@H](O)c3ccc(F)cc3)CC2)n1C. The van der Waals surface area contributed by atoms with Crippen LogP contribution in [-0.4, -0.2) is 62.4 Å². The first kappa shape index (κ1) is 17.0. The van der Waals surface area contributed by atoms with Crippen molar-refractivity contribution in [3.63, 3.8) is 0 Å². The largest absolute Gasteiger partial charge is 0.387 e. The van der Waals surface area contributed by atoms with Gasteiger partial charge in [-0.3, -0.25) is 9.80 Å². The number of halogens is 1. The molecule has 24 heavy (non-hydrogen) atoms. The number of aryl methyl sites for hydroxylation is 1. The minimum absolute atomic E-state index is 0.279. The van der Waals surface area contributed by atoms with Crippen LogP contribution in [0.25, 0.3) is 0 Å². The van der Waals surface area contributed by atoms with Gasteiger partial charge >= 0.3 is 0 Å². The average Bonchev–Trinajstić information content (AvgIpc) is 2.89. The Morgan fingerprint density at radius 2 is 1.71 bits per heavy atom. The van der Waals surface area contributed by atoms with Crippen molar-refractivity contribution in [2.75, 3.05) is 32.7 Å². The molecule has 0 saturated carbocycles. The number of aliphatic hydroxyl groups is 1. The molecule has 0 spiro atoms. The molecule has 130 valence electrons. The zero-order valence-electron chi connectivity index (χ0n) is 14.2. The zero-order chi connectivity index (χ0) is 17.1. The number of piperazine rings is 1. The molecule has 1 aliphatic heterocycles. The van der Waals surface area contributed by atoms with E-state index in [1.807, 2.05) is 18.5 Å². The summed E-state index contributed by atoms with van der Waals surface area (Å²) in [4.78, 5) is 4.59. The third kappa shape index (κ3) is 3.98. The van der Waals surface area contributed by atoms with Crippen molar-refractivity contribution in [3.8, 4) is 0 Å². The Bertz CT molecular complexity index is 664. The van der Waals surface area contributed by atoms with Gasteiger partial charge in [0.05, 0.1) is 12.6 Å². The molecule has 1 fully saturated rings. The standard InChI is InChI=1S/C17H24FN5O/c1-13-19-20-17(21(13)2)12-23-9-7-22(8-10-23)11-16(24)14-3-5-15(18)6-4-14/h3-6,16,24H,7-12H2,1-2H3/t16-/m1/s1. The highest BCUT2D eigenvalue weighted by Crippen LogP contribution is 2.16. The number of aliphatic hydroxyl groups excluding tert-OH is 1. The molecule has 2 heterocycles. The van der Waals surface area contributed by atoms with Gasteiger partial charge in [-0.15, -0.1) is 10.2 Å². The molecule has 1 aliphatic rings. The molecular weight excluding hydrogens is 309 g/mol. The van der Waals surface area contributed by atoms with Gasteiger partial charge in [-0.2, -0.15) is 0 Å². The lowest BCUT2D eigenvalue weighted by atomic mass is 10.1. The summed E-state index contributed by atoms with van der Waals surface area (Å²) in [6.45, 7) is 6.98. The molecule has 1 atom stereocenters. The van der Waals surface area contributed by atoms with Crippen molar-refractivity contribution in [2.45, 2.75) is 19.6 Å². The predicted octanol–water partition coefficient (Wildman–Crippen LogP) is 1.11. The Morgan fingerprint density at radius 1 is 1.08 bits per heavy atom. The number of hydrogen-bond acceptors (Lipinski definition) is 5. The minimum Gasteiger partial charge on any atom is -0.387 e. The topological polar surface area (TPSA) is 57.4 Å². The lowest BCUT2D eigenvalue weighted by Gasteiger charge is -2.35. The Morgan fingerprint density at radius 3 is 2.29 bits per heavy atom. The van der Waals surface area contributed by atoms with Gasteiger partial charge in [0, 0.05) is 39.8 Å². The molecule has 3 rings (SSSR count). The lowest BCUT2D eigenvalue weighted by Crippen LogP contribution is -2.47. The summed E-state index contributed by atoms with van der Waals surface area (Å²) in [6, 6.07) is 6.07. The maximum Gasteiger partial charge on any atom is 0.146 e. The van der Waals surface area contributed by atoms with Gasteiger partial charge in [0.15, 0.2) is 0 Å². The monoisotopic (exact) mass is 333 g/mol. The number of aromatic nitrogens is 3. The fraction of sp³-hybridized carbons (Fsp3) is 0.529. The van der Waals surface area contributed by atoms with E-state index in [0.717, 1.165) is 49.9 Å². The van der Waals surface area contributed by atoms with Crippen LogP contribution in [0.4, 0.5) is 4.39 Å². The van der Waals surface area contributed by atoms with E-state index in [2.05, 4.69) is 20.0 Å². The van der Waals surface area contributed by atoms with Gasteiger partial charge in [0.25, 0.3) is 0 Å². The summed E-state index contributed by atoms with van der Waals surface area (Å²) in [5, 5.41) is 18.6. The summed E-state index contributed by atoms with van der Waals surface area (Å²) < 4.78 is 15.0. The Balaban J connectivity index is 1.48. The number of rotatable bonds is 5. The number of nitrogens with zero attached hydrogens (tertiary/aromatic N) is 5. The summed E-state index contributed by atoms with van der Waals surface area (Å²) >= 11 is 0. The molecule has 1 aromatic carbocycles. The van der Waals surface area contributed by atoms with Crippen LogP contribution >= 0.6 is 0 Å². The van der Waals surface area contributed by atoms with Crippen LogP contribution in [-0.2, 0) is 13.6 Å². The van der Waals surface area contributed by atoms with E-state index in [-0.39, 0.29) is 5.82 Å². The van der Waals surface area contributed by atoms with Crippen molar-refractivity contribution in [2.24, 2.45) is 7.05 Å². The normalized spacial score (nSPS) is 18.0. The highest BCUT2D eigenvalue weighted by Gasteiger charge is 2.21. The quantitative estimate of drug-likeness (QED) is 0.888. The van der Waals surface area contributed by atoms with Gasteiger partial charge in [0.1, 0.15) is 17.5 Å². The molecule has 7 heteroatoms. The molecule has 1 saturated heterocycles. The maximum atomic E-state index is 13.0. The third-order valence-electron chi connectivity index (χ3n) is 4.70. The van der Waals surface area contributed by atoms with Crippen LogP contribution < -0.4 is 0 Å². The fourth-order valence-electron chi connectivity index (χ4n) is 2.95. The first-order valence-electron chi connectivity index (χ1n) is 8.26. The molecule has 6 nitrogen and oxygen atoms in total. The molecule has 1 aromatic heterocycles. The highest BCUT2D eigenvalue weighted by atomic mass is 19.1. The van der Waals surface area contributed by atoms with E-state index >= 15 is 0 Å². The van der Waals surface area contributed by atoms with Crippen LogP contribution in [0.3, 0.4) is 0 Å². The number of β-amino-alcohol motifs (C(OH)–C–C–N with tert-alkyl or cyclic N) is 1. The molecule has 0 amide bonds. The molecule has 0 aliphatic carbocycles.